The number of carbonyl (C=O) groups is 2. The third-order valence-electron chi connectivity index (χ3n) is 4.99. The molecule has 2 amide bonds. The SMILES string of the molecule is C=CCNc1nc(NCCNC(=O)[C@H](CC(C)C)NC(=O)c2cc([N+](=O)[O-])cc([N+](=O)[O-])c2)nc(OCCN)n1. The zero-order valence-corrected chi connectivity index (χ0v) is 22.1. The highest BCUT2D eigenvalue weighted by Crippen LogP contribution is 2.23. The van der Waals surface area contributed by atoms with Gasteiger partial charge in [0.2, 0.25) is 17.8 Å². The number of nitro groups is 2. The Bertz CT molecular complexity index is 1190. The average molecular weight is 561 g/mol. The van der Waals surface area contributed by atoms with Crippen LogP contribution < -0.4 is 31.7 Å². The number of nitrogens with two attached hydrogens (primary N) is 1. The quantitative estimate of drug-likeness (QED) is 0.0785. The second-order valence-corrected chi connectivity index (χ2v) is 8.70. The van der Waals surface area contributed by atoms with Crippen molar-refractivity contribution in [1.82, 2.24) is 25.6 Å². The minimum absolute atomic E-state index is 0.00716. The molecule has 0 saturated carbocycles. The molecule has 0 bridgehead atoms. The lowest BCUT2D eigenvalue weighted by Gasteiger charge is -2.20. The van der Waals surface area contributed by atoms with Gasteiger partial charge in [0.05, 0.1) is 21.5 Å². The number of carbonyl (C=O) groups excluding carboxylic acids is 2. The summed E-state index contributed by atoms with van der Waals surface area (Å²) < 4.78 is 5.37. The summed E-state index contributed by atoms with van der Waals surface area (Å²) in [4.78, 5) is 58.8. The molecule has 17 nitrogen and oxygen atoms in total. The number of rotatable bonds is 17. The van der Waals surface area contributed by atoms with E-state index in [9.17, 15) is 29.8 Å². The Kier molecular flexibility index (Phi) is 12.1. The summed E-state index contributed by atoms with van der Waals surface area (Å²) in [6, 6.07) is 1.62. The van der Waals surface area contributed by atoms with Crippen LogP contribution in [0.3, 0.4) is 0 Å². The first-order valence-corrected chi connectivity index (χ1v) is 12.2. The summed E-state index contributed by atoms with van der Waals surface area (Å²) in [6.07, 6.45) is 1.87. The van der Waals surface area contributed by atoms with E-state index < -0.39 is 39.1 Å². The largest absolute Gasteiger partial charge is 0.462 e. The van der Waals surface area contributed by atoms with Gasteiger partial charge in [-0.1, -0.05) is 19.9 Å². The molecule has 1 heterocycles. The Morgan fingerprint density at radius 2 is 1.68 bits per heavy atom. The molecule has 0 fully saturated rings. The Labute approximate surface area is 229 Å². The fraction of sp³-hybridized carbons (Fsp3) is 0.435. The molecule has 17 heteroatoms. The summed E-state index contributed by atoms with van der Waals surface area (Å²) in [6.45, 7) is 8.49. The number of hydrogen-bond donors (Lipinski definition) is 5. The van der Waals surface area contributed by atoms with Crippen LogP contribution in [0.1, 0.15) is 30.6 Å². The van der Waals surface area contributed by atoms with Gasteiger partial charge in [0, 0.05) is 38.3 Å². The second-order valence-electron chi connectivity index (χ2n) is 8.70. The van der Waals surface area contributed by atoms with Crippen LogP contribution in [-0.4, -0.2) is 75.4 Å². The first kappa shape index (κ1) is 31.3. The fourth-order valence-electron chi connectivity index (χ4n) is 3.26. The number of ether oxygens (including phenoxy) is 1. The van der Waals surface area contributed by atoms with E-state index >= 15 is 0 Å². The van der Waals surface area contributed by atoms with Crippen molar-refractivity contribution >= 4 is 35.1 Å². The van der Waals surface area contributed by atoms with Crippen LogP contribution in [0.4, 0.5) is 23.3 Å². The molecule has 0 saturated heterocycles. The highest BCUT2D eigenvalue weighted by Gasteiger charge is 2.25. The van der Waals surface area contributed by atoms with Crippen LogP contribution in [0.5, 0.6) is 6.01 Å². The van der Waals surface area contributed by atoms with Crippen molar-refractivity contribution in [2.45, 2.75) is 26.3 Å². The standard InChI is InChI=1S/C23H32N10O7/c1-4-6-26-21-29-22(31-23(30-21)40-9-5-24)27-8-7-25-20(35)18(10-14(2)3)28-19(34)15-11-16(32(36)37)13-17(12-15)33(38)39/h4,11-14,18H,1,5-10,24H2,2-3H3,(H,25,35)(H,28,34)(H2,26,27,29,30,31)/t18-/m0/s1. The smallest absolute Gasteiger partial charge is 0.323 e. The third-order valence-corrected chi connectivity index (χ3v) is 4.99. The Morgan fingerprint density at radius 1 is 1.05 bits per heavy atom. The lowest BCUT2D eigenvalue weighted by molar-refractivity contribution is -0.394. The van der Waals surface area contributed by atoms with Gasteiger partial charge in [-0.25, -0.2) is 0 Å². The van der Waals surface area contributed by atoms with Crippen molar-refractivity contribution < 1.29 is 24.2 Å². The lowest BCUT2D eigenvalue weighted by atomic mass is 10.0. The van der Waals surface area contributed by atoms with Crippen LogP contribution >= 0.6 is 0 Å². The summed E-state index contributed by atoms with van der Waals surface area (Å²) >= 11 is 0. The predicted octanol–water partition coefficient (Wildman–Crippen LogP) is 0.996. The van der Waals surface area contributed by atoms with E-state index in [1.54, 1.807) is 6.08 Å². The van der Waals surface area contributed by atoms with Crippen molar-refractivity contribution in [3.63, 3.8) is 0 Å². The maximum atomic E-state index is 12.9. The van der Waals surface area contributed by atoms with Gasteiger partial charge in [-0.2, -0.15) is 15.0 Å². The first-order chi connectivity index (χ1) is 19.0. The van der Waals surface area contributed by atoms with Crippen molar-refractivity contribution in [3.8, 4) is 6.01 Å². The molecule has 0 aliphatic rings. The minimum atomic E-state index is -1.01. The topological polar surface area (TPSA) is 242 Å². The number of aromatic nitrogens is 3. The first-order valence-electron chi connectivity index (χ1n) is 12.2. The van der Waals surface area contributed by atoms with Gasteiger partial charge >= 0.3 is 6.01 Å². The number of nitrogens with one attached hydrogen (secondary N) is 4. The van der Waals surface area contributed by atoms with Crippen molar-refractivity contribution in [3.05, 3.63) is 56.6 Å². The highest BCUT2D eigenvalue weighted by molar-refractivity contribution is 5.98. The van der Waals surface area contributed by atoms with Crippen LogP contribution in [-0.2, 0) is 4.79 Å². The average Bonchev–Trinajstić information content (AvgIpc) is 2.91. The van der Waals surface area contributed by atoms with Gasteiger partial charge in [0.25, 0.3) is 17.3 Å². The molecule has 2 aromatic rings. The number of amides is 2. The predicted molar refractivity (Wildman–Crippen MR) is 145 cm³/mol. The number of nitrogens with zero attached hydrogens (tertiary/aromatic N) is 5. The van der Waals surface area contributed by atoms with Gasteiger partial charge in [-0.3, -0.25) is 29.8 Å². The maximum Gasteiger partial charge on any atom is 0.323 e. The van der Waals surface area contributed by atoms with E-state index in [0.29, 0.717) is 6.54 Å². The number of hydrogen-bond acceptors (Lipinski definition) is 13. The minimum Gasteiger partial charge on any atom is -0.462 e. The second kappa shape index (κ2) is 15.5. The zero-order chi connectivity index (χ0) is 29.7. The number of anilines is 2. The van der Waals surface area contributed by atoms with Gasteiger partial charge in [0.1, 0.15) is 12.6 Å². The molecular formula is C23H32N10O7. The summed E-state index contributed by atoms with van der Waals surface area (Å²) in [5.41, 5.74) is 3.91. The summed E-state index contributed by atoms with van der Waals surface area (Å²) in [5.74, 6) is -0.954. The van der Waals surface area contributed by atoms with Crippen LogP contribution in [0.25, 0.3) is 0 Å². The molecule has 0 aliphatic carbocycles. The van der Waals surface area contributed by atoms with E-state index in [1.807, 2.05) is 13.8 Å². The van der Waals surface area contributed by atoms with E-state index in [2.05, 4.69) is 42.8 Å². The van der Waals surface area contributed by atoms with E-state index in [1.165, 1.54) is 0 Å². The van der Waals surface area contributed by atoms with Crippen LogP contribution in [0, 0.1) is 26.1 Å². The van der Waals surface area contributed by atoms with Gasteiger partial charge in [0.15, 0.2) is 0 Å². The number of non-ortho nitro benzene ring substituents is 2. The third kappa shape index (κ3) is 10.1. The summed E-state index contributed by atoms with van der Waals surface area (Å²) in [5, 5.41) is 33.4. The molecule has 0 radical (unpaired) electrons. The molecular weight excluding hydrogens is 528 g/mol. The molecule has 1 atom stereocenters. The van der Waals surface area contributed by atoms with Gasteiger partial charge < -0.3 is 31.7 Å². The van der Waals surface area contributed by atoms with Gasteiger partial charge in [-0.05, 0) is 12.3 Å². The molecule has 0 spiro atoms. The molecule has 1 aromatic heterocycles. The van der Waals surface area contributed by atoms with Crippen molar-refractivity contribution in [2.24, 2.45) is 11.7 Å². The molecule has 1 aromatic carbocycles. The zero-order valence-electron chi connectivity index (χ0n) is 22.1. The Balaban J connectivity index is 2.05. The molecule has 2 rings (SSSR count). The van der Waals surface area contributed by atoms with E-state index in [0.717, 1.165) is 18.2 Å². The fourth-order valence-corrected chi connectivity index (χ4v) is 3.26. The highest BCUT2D eigenvalue weighted by atomic mass is 16.6. The number of benzene rings is 1. The van der Waals surface area contributed by atoms with E-state index in [-0.39, 0.29) is 62.1 Å². The molecule has 0 unspecified atom stereocenters. The molecule has 40 heavy (non-hydrogen) atoms. The van der Waals surface area contributed by atoms with Crippen LogP contribution in [0.15, 0.2) is 30.9 Å². The van der Waals surface area contributed by atoms with Crippen molar-refractivity contribution in [1.29, 1.82) is 0 Å². The molecule has 0 aliphatic heterocycles. The van der Waals surface area contributed by atoms with Gasteiger partial charge in [-0.15, -0.1) is 6.58 Å². The number of nitro benzene ring substituents is 2. The molecule has 6 N–H and O–H groups in total. The Morgan fingerprint density at radius 3 is 2.23 bits per heavy atom. The maximum absolute atomic E-state index is 12.9. The molecule has 216 valence electrons. The summed E-state index contributed by atoms with van der Waals surface area (Å²) in [7, 11) is 0. The van der Waals surface area contributed by atoms with Crippen LogP contribution in [0.2, 0.25) is 0 Å². The Hall–Kier alpha value is -4.93. The normalized spacial score (nSPS) is 11.3. The monoisotopic (exact) mass is 560 g/mol. The van der Waals surface area contributed by atoms with Crippen molar-refractivity contribution in [2.75, 3.05) is 43.4 Å². The lowest BCUT2D eigenvalue weighted by Crippen LogP contribution is -2.48. The van der Waals surface area contributed by atoms with E-state index in [4.69, 9.17) is 10.5 Å².